The first-order valence-electron chi connectivity index (χ1n) is 18.7. The van der Waals surface area contributed by atoms with E-state index in [1.54, 1.807) is 48.5 Å². The number of benzene rings is 2. The summed E-state index contributed by atoms with van der Waals surface area (Å²) in [5.41, 5.74) is -0.0156. The third-order valence-electron chi connectivity index (χ3n) is 9.42. The number of rotatable bonds is 24. The Labute approximate surface area is 308 Å². The number of aliphatic hydroxyl groups excluding tert-OH is 2. The molecule has 2 N–H and O–H groups in total. The third kappa shape index (κ3) is 12.3. The second-order valence-corrected chi connectivity index (χ2v) is 13.2. The Morgan fingerprint density at radius 1 is 0.538 bits per heavy atom. The van der Waals surface area contributed by atoms with Crippen molar-refractivity contribution in [3.8, 4) is 11.5 Å². The zero-order valence-corrected chi connectivity index (χ0v) is 31.2. The molecule has 2 atom stereocenters. The summed E-state index contributed by atoms with van der Waals surface area (Å²) >= 11 is 0. The smallest absolute Gasteiger partial charge is 0.306 e. The van der Waals surface area contributed by atoms with Gasteiger partial charge in [-0.15, -0.1) is 0 Å². The molecule has 0 fully saturated rings. The third-order valence-corrected chi connectivity index (χ3v) is 9.42. The number of allylic oxidation sites excluding steroid dienone is 2. The van der Waals surface area contributed by atoms with E-state index in [2.05, 4.69) is 13.8 Å². The highest BCUT2D eigenvalue weighted by atomic mass is 16.5. The summed E-state index contributed by atoms with van der Waals surface area (Å²) in [6.45, 7) is 5.44. The summed E-state index contributed by atoms with van der Waals surface area (Å²) in [6.07, 6.45) is 12.7. The molecule has 0 aliphatic heterocycles. The summed E-state index contributed by atoms with van der Waals surface area (Å²) in [6, 6.07) is 13.4. The minimum absolute atomic E-state index is 0.388. The summed E-state index contributed by atoms with van der Waals surface area (Å²) < 4.78 is 21.5. The van der Waals surface area contributed by atoms with Gasteiger partial charge in [0.05, 0.1) is 51.4 Å². The highest BCUT2D eigenvalue weighted by Crippen LogP contribution is 2.41. The van der Waals surface area contributed by atoms with Crippen LogP contribution in [0, 0.1) is 0 Å². The van der Waals surface area contributed by atoms with Crippen molar-refractivity contribution < 1.29 is 48.3 Å². The number of Topliss-reactive ketones (excluding diaryl/α,β-unsaturated/α-hetero) is 2. The van der Waals surface area contributed by atoms with Crippen molar-refractivity contribution in [1.29, 1.82) is 0 Å². The molecule has 0 amide bonds. The molecule has 1 aliphatic carbocycles. The molecule has 0 heterocycles. The van der Waals surface area contributed by atoms with Crippen molar-refractivity contribution in [2.75, 3.05) is 27.4 Å². The van der Waals surface area contributed by atoms with E-state index in [0.29, 0.717) is 35.8 Å². The van der Waals surface area contributed by atoms with Gasteiger partial charge in [-0.05, 0) is 48.2 Å². The van der Waals surface area contributed by atoms with Crippen molar-refractivity contribution in [2.45, 2.75) is 116 Å². The van der Waals surface area contributed by atoms with Gasteiger partial charge in [0.2, 0.25) is 11.6 Å². The second kappa shape index (κ2) is 22.4. The molecule has 0 radical (unpaired) electrons. The van der Waals surface area contributed by atoms with Gasteiger partial charge in [0.15, 0.2) is 11.5 Å². The lowest BCUT2D eigenvalue weighted by molar-refractivity contribution is -0.142. The number of unbranched alkanes of at least 4 members (excludes halogenated alkanes) is 10. The van der Waals surface area contributed by atoms with Crippen LogP contribution in [0.4, 0.5) is 0 Å². The zero-order chi connectivity index (χ0) is 37.9. The maximum atomic E-state index is 13.9. The van der Waals surface area contributed by atoms with E-state index in [-0.39, 0.29) is 12.8 Å². The molecule has 0 spiro atoms. The number of esters is 2. The van der Waals surface area contributed by atoms with Crippen LogP contribution in [0.5, 0.6) is 11.5 Å². The Bertz CT molecular complexity index is 1410. The first-order valence-corrected chi connectivity index (χ1v) is 18.7. The molecule has 10 heteroatoms. The van der Waals surface area contributed by atoms with Crippen molar-refractivity contribution in [1.82, 2.24) is 0 Å². The van der Waals surface area contributed by atoms with E-state index in [4.69, 9.17) is 18.9 Å². The summed E-state index contributed by atoms with van der Waals surface area (Å²) in [4.78, 5) is 52.9. The minimum atomic E-state index is -1.12. The van der Waals surface area contributed by atoms with Crippen LogP contribution in [-0.4, -0.2) is 61.2 Å². The molecular formula is C42H56O10. The number of ether oxygens (including phenoxy) is 4. The van der Waals surface area contributed by atoms with E-state index < -0.39 is 58.0 Å². The number of carbonyl (C=O) groups excluding carboxylic acids is 4. The SMILES string of the molecule is CCCCCCCCOc1ccc([C@H](CC(=O)OC)C2=C(O)C(=O)C([C@H](CC(=O)OC)c3ccc(OCCCCCCCC)cc3)=C(O)C2=O)cc1. The summed E-state index contributed by atoms with van der Waals surface area (Å²) in [7, 11) is 2.39. The van der Waals surface area contributed by atoms with Crippen LogP contribution in [0.3, 0.4) is 0 Å². The molecule has 0 saturated carbocycles. The number of ketones is 2. The molecule has 0 saturated heterocycles. The van der Waals surface area contributed by atoms with Gasteiger partial charge in [-0.25, -0.2) is 0 Å². The van der Waals surface area contributed by atoms with Crippen molar-refractivity contribution in [3.63, 3.8) is 0 Å². The van der Waals surface area contributed by atoms with Gasteiger partial charge in [0, 0.05) is 11.8 Å². The molecular weight excluding hydrogens is 664 g/mol. The standard InChI is InChI=1S/C42H56O10/c1-5-7-9-11-13-15-25-51-31-21-17-29(18-22-31)33(27-35(43)49-3)37-39(45)41(47)38(42(48)40(37)46)34(28-36(44)50-4)30-19-23-32(24-20-30)52-26-16-14-12-10-8-6-2/h17-24,33-34,45,48H,5-16,25-28H2,1-4H3/t33-,34+. The van der Waals surface area contributed by atoms with Gasteiger partial charge in [0.25, 0.3) is 0 Å². The van der Waals surface area contributed by atoms with E-state index in [0.717, 1.165) is 38.5 Å². The van der Waals surface area contributed by atoms with E-state index >= 15 is 0 Å². The topological polar surface area (TPSA) is 146 Å². The molecule has 2 aromatic carbocycles. The molecule has 0 bridgehead atoms. The van der Waals surface area contributed by atoms with Crippen molar-refractivity contribution in [2.24, 2.45) is 0 Å². The second-order valence-electron chi connectivity index (χ2n) is 13.2. The van der Waals surface area contributed by atoms with Crippen LogP contribution in [-0.2, 0) is 28.7 Å². The number of carbonyl (C=O) groups is 4. The monoisotopic (exact) mass is 720 g/mol. The number of hydrogen-bond acceptors (Lipinski definition) is 10. The molecule has 10 nitrogen and oxygen atoms in total. The Balaban J connectivity index is 1.84. The summed E-state index contributed by atoms with van der Waals surface area (Å²) in [5, 5.41) is 22.7. The fourth-order valence-electron chi connectivity index (χ4n) is 6.37. The average molecular weight is 721 g/mol. The van der Waals surface area contributed by atoms with Gasteiger partial charge in [-0.1, -0.05) is 102 Å². The number of hydrogen-bond donors (Lipinski definition) is 2. The van der Waals surface area contributed by atoms with Crippen LogP contribution < -0.4 is 9.47 Å². The molecule has 2 aromatic rings. The maximum Gasteiger partial charge on any atom is 0.306 e. The molecule has 0 aromatic heterocycles. The lowest BCUT2D eigenvalue weighted by Crippen LogP contribution is -2.31. The highest BCUT2D eigenvalue weighted by molar-refractivity contribution is 6.24. The van der Waals surface area contributed by atoms with Crippen LogP contribution in [0.15, 0.2) is 71.2 Å². The molecule has 0 unspecified atom stereocenters. The molecule has 3 rings (SSSR count). The quantitative estimate of drug-likeness (QED) is 0.0612. The normalized spacial score (nSPS) is 14.3. The first kappa shape index (κ1) is 41.8. The number of aliphatic hydroxyl groups is 2. The Kier molecular flexibility index (Phi) is 18.0. The Morgan fingerprint density at radius 2 is 0.865 bits per heavy atom. The lowest BCUT2D eigenvalue weighted by Gasteiger charge is -2.27. The minimum Gasteiger partial charge on any atom is -0.504 e. The first-order chi connectivity index (χ1) is 25.2. The van der Waals surface area contributed by atoms with E-state index in [9.17, 15) is 29.4 Å². The van der Waals surface area contributed by atoms with E-state index in [1.165, 1.54) is 52.7 Å². The van der Waals surface area contributed by atoms with Crippen molar-refractivity contribution >= 4 is 23.5 Å². The van der Waals surface area contributed by atoms with Gasteiger partial charge in [0.1, 0.15) is 11.5 Å². The fourth-order valence-corrected chi connectivity index (χ4v) is 6.37. The zero-order valence-electron chi connectivity index (χ0n) is 31.2. The lowest BCUT2D eigenvalue weighted by atomic mass is 9.76. The predicted molar refractivity (Wildman–Crippen MR) is 199 cm³/mol. The number of methoxy groups -OCH3 is 2. The van der Waals surface area contributed by atoms with Gasteiger partial charge in [-0.3, -0.25) is 19.2 Å². The largest absolute Gasteiger partial charge is 0.504 e. The van der Waals surface area contributed by atoms with Gasteiger partial charge < -0.3 is 29.2 Å². The van der Waals surface area contributed by atoms with Gasteiger partial charge in [-0.2, -0.15) is 0 Å². The summed E-state index contributed by atoms with van der Waals surface area (Å²) in [5.74, 6) is -6.33. The van der Waals surface area contributed by atoms with Crippen molar-refractivity contribution in [3.05, 3.63) is 82.3 Å². The fraction of sp³-hybridized carbons (Fsp3) is 0.524. The van der Waals surface area contributed by atoms with Gasteiger partial charge >= 0.3 is 11.9 Å². The average Bonchev–Trinajstić information content (AvgIpc) is 3.16. The van der Waals surface area contributed by atoms with Crippen LogP contribution in [0.2, 0.25) is 0 Å². The van der Waals surface area contributed by atoms with Crippen LogP contribution >= 0.6 is 0 Å². The molecule has 284 valence electrons. The Morgan fingerprint density at radius 3 is 1.19 bits per heavy atom. The van der Waals surface area contributed by atoms with Crippen LogP contribution in [0.25, 0.3) is 0 Å². The van der Waals surface area contributed by atoms with E-state index in [1.807, 2.05) is 0 Å². The predicted octanol–water partition coefficient (Wildman–Crippen LogP) is 8.93. The maximum absolute atomic E-state index is 13.9. The van der Waals surface area contributed by atoms with Crippen LogP contribution in [0.1, 0.15) is 127 Å². The Hall–Kier alpha value is -4.60. The molecule has 52 heavy (non-hydrogen) atoms. The highest BCUT2D eigenvalue weighted by Gasteiger charge is 2.43. The molecule has 1 aliphatic rings.